The molecule has 0 N–H and O–H groups in total. The van der Waals surface area contributed by atoms with Crippen molar-refractivity contribution in [1.82, 2.24) is 0 Å². The number of Topliss-reactive ketones (excluding diaryl/α,β-unsaturated/α-hetero) is 2. The van der Waals surface area contributed by atoms with Crippen LogP contribution in [0, 0.1) is 63.2 Å². The fourth-order valence-corrected chi connectivity index (χ4v) is 10.5. The highest BCUT2D eigenvalue weighted by atomic mass is 16.5. The molecule has 0 aliphatic heterocycles. The van der Waals surface area contributed by atoms with Crippen molar-refractivity contribution in [2.75, 3.05) is 6.61 Å². The number of esters is 1. The highest BCUT2D eigenvalue weighted by Gasteiger charge is 2.72. The molecular weight excluding hydrogens is 462 g/mol. The summed E-state index contributed by atoms with van der Waals surface area (Å²) in [4.78, 5) is 44.6. The molecule has 0 bridgehead atoms. The van der Waals surface area contributed by atoms with Gasteiger partial charge in [-0.3, -0.25) is 9.59 Å². The van der Waals surface area contributed by atoms with Gasteiger partial charge in [0.05, 0.1) is 18.6 Å². The van der Waals surface area contributed by atoms with Crippen molar-refractivity contribution >= 4 is 17.5 Å². The van der Waals surface area contributed by atoms with Crippen molar-refractivity contribution in [2.24, 2.45) is 56.7 Å². The van der Waals surface area contributed by atoms with Gasteiger partial charge in [-0.15, -0.1) is 0 Å². The van der Waals surface area contributed by atoms with E-state index in [2.05, 4.69) is 39.5 Å². The molecule has 0 aromatic heterocycles. The number of carbonyl (C=O) groups excluding carboxylic acids is 3. The number of ketones is 2. The van der Waals surface area contributed by atoms with E-state index in [1.54, 1.807) is 0 Å². The van der Waals surface area contributed by atoms with Crippen LogP contribution < -0.4 is 0 Å². The van der Waals surface area contributed by atoms with Crippen LogP contribution in [0.25, 0.3) is 4.85 Å². The number of rotatable bonds is 2. The van der Waals surface area contributed by atoms with Crippen molar-refractivity contribution in [3.05, 3.63) is 23.2 Å². The van der Waals surface area contributed by atoms with Gasteiger partial charge in [-0.05, 0) is 91.3 Å². The van der Waals surface area contributed by atoms with Crippen LogP contribution in [0.15, 0.2) is 11.8 Å². The molecule has 0 saturated heterocycles. The molecule has 0 amide bonds. The van der Waals surface area contributed by atoms with Crippen molar-refractivity contribution in [2.45, 2.75) is 99.8 Å². The monoisotopic (exact) mass is 507 g/mol. The van der Waals surface area contributed by atoms with Crippen LogP contribution in [-0.4, -0.2) is 24.1 Å². The van der Waals surface area contributed by atoms with Crippen molar-refractivity contribution in [3.8, 4) is 0 Å². The lowest BCUT2D eigenvalue weighted by Crippen LogP contribution is -2.68. The van der Waals surface area contributed by atoms with Gasteiger partial charge >= 0.3 is 5.97 Å². The molecule has 5 heteroatoms. The summed E-state index contributed by atoms with van der Waals surface area (Å²) in [5, 5.41) is 0. The summed E-state index contributed by atoms with van der Waals surface area (Å²) in [6, 6.07) is 0. The van der Waals surface area contributed by atoms with Crippen LogP contribution in [-0.2, 0) is 19.1 Å². The Morgan fingerprint density at radius 2 is 1.70 bits per heavy atom. The zero-order valence-corrected chi connectivity index (χ0v) is 23.9. The van der Waals surface area contributed by atoms with E-state index >= 15 is 0 Å². The predicted molar refractivity (Wildman–Crippen MR) is 142 cm³/mol. The Morgan fingerprint density at radius 3 is 2.35 bits per heavy atom. The van der Waals surface area contributed by atoms with Crippen molar-refractivity contribution in [3.63, 3.8) is 0 Å². The van der Waals surface area contributed by atoms with Gasteiger partial charge in [-0.2, -0.15) is 0 Å². The minimum absolute atomic E-state index is 0.00561. The van der Waals surface area contributed by atoms with Gasteiger partial charge < -0.3 is 9.53 Å². The first-order chi connectivity index (χ1) is 17.2. The molecule has 0 aromatic rings. The Labute approximate surface area is 223 Å². The normalized spacial score (nSPS) is 48.4. The third-order valence-electron chi connectivity index (χ3n) is 12.8. The van der Waals surface area contributed by atoms with Crippen LogP contribution in [0.1, 0.15) is 99.8 Å². The average molecular weight is 508 g/mol. The minimum atomic E-state index is -0.557. The third-order valence-corrected chi connectivity index (χ3v) is 12.8. The summed E-state index contributed by atoms with van der Waals surface area (Å²) in [5.74, 6) is 0.0890. The molecule has 5 aliphatic rings. The van der Waals surface area contributed by atoms with Gasteiger partial charge in [0.1, 0.15) is 5.78 Å². The molecule has 9 atom stereocenters. The molecule has 5 nitrogen and oxygen atoms in total. The number of allylic oxidation sites excluding steroid dienone is 2. The van der Waals surface area contributed by atoms with E-state index in [4.69, 9.17) is 11.3 Å². The summed E-state index contributed by atoms with van der Waals surface area (Å²) < 4.78 is 5.70. The lowest BCUT2D eigenvalue weighted by atomic mass is 9.32. The van der Waals surface area contributed by atoms with Crippen molar-refractivity contribution < 1.29 is 19.1 Å². The fraction of sp³-hybridized carbons (Fsp3) is 0.812. The lowest BCUT2D eigenvalue weighted by molar-refractivity contribution is -0.224. The van der Waals surface area contributed by atoms with Gasteiger partial charge in [0.2, 0.25) is 5.70 Å². The zero-order valence-electron chi connectivity index (χ0n) is 23.9. The largest absolute Gasteiger partial charge is 0.466 e. The molecule has 0 radical (unpaired) electrons. The highest BCUT2D eigenvalue weighted by molar-refractivity contribution is 6.00. The molecular formula is C32H45NO4. The topological polar surface area (TPSA) is 64.8 Å². The second-order valence-corrected chi connectivity index (χ2v) is 14.7. The minimum Gasteiger partial charge on any atom is -0.466 e. The van der Waals surface area contributed by atoms with Crippen molar-refractivity contribution in [1.29, 1.82) is 0 Å². The second-order valence-electron chi connectivity index (χ2n) is 14.7. The van der Waals surface area contributed by atoms with Gasteiger partial charge in [0.15, 0.2) is 5.78 Å². The van der Waals surface area contributed by atoms with Crippen LogP contribution >= 0.6 is 0 Å². The molecule has 5 aliphatic carbocycles. The summed E-state index contributed by atoms with van der Waals surface area (Å²) >= 11 is 0. The number of ether oxygens (including phenoxy) is 1. The van der Waals surface area contributed by atoms with E-state index in [9.17, 15) is 14.4 Å². The first kappa shape index (κ1) is 26.6. The van der Waals surface area contributed by atoms with Crippen LogP contribution in [0.5, 0.6) is 0 Å². The number of fused-ring (bicyclic) bond motifs is 7. The number of carbonyl (C=O) groups is 3. The van der Waals surface area contributed by atoms with Gasteiger partial charge in [0.25, 0.3) is 0 Å². The summed E-state index contributed by atoms with van der Waals surface area (Å²) in [5.41, 5.74) is -0.902. The van der Waals surface area contributed by atoms with E-state index in [1.807, 2.05) is 19.9 Å². The smallest absolute Gasteiger partial charge is 0.312 e. The average Bonchev–Trinajstić information content (AvgIpc) is 2.82. The van der Waals surface area contributed by atoms with Gasteiger partial charge in [-0.25, -0.2) is 4.85 Å². The van der Waals surface area contributed by atoms with Gasteiger partial charge in [-0.1, -0.05) is 47.6 Å². The summed E-state index contributed by atoms with van der Waals surface area (Å²) in [6.45, 7) is 23.5. The molecule has 0 unspecified atom stereocenters. The summed E-state index contributed by atoms with van der Waals surface area (Å²) in [6.07, 6.45) is 8.66. The first-order valence-electron chi connectivity index (χ1n) is 14.6. The van der Waals surface area contributed by atoms with Gasteiger partial charge in [0, 0.05) is 18.3 Å². The molecule has 5 rings (SSSR count). The van der Waals surface area contributed by atoms with E-state index in [1.165, 1.54) is 0 Å². The van der Waals surface area contributed by atoms with E-state index in [0.717, 1.165) is 44.9 Å². The third kappa shape index (κ3) is 3.36. The Bertz CT molecular complexity index is 1110. The zero-order chi connectivity index (χ0) is 27.2. The standard InChI is InChI=1S/C32H45NO4/c1-9-37-27(36)32-14-12-28(3,4)17-21(32)25-23(34)16-24-29(5)18-22(33-8)26(35)19(2)20(29)10-11-30(24,6)31(25,7)13-15-32/h18-21,24-25H,9-17H2,1-7H3/t19-,20-,21-,24+,25-,29-,30+,31+,32-/m0/s1. The van der Waals surface area contributed by atoms with E-state index in [0.29, 0.717) is 18.8 Å². The Kier molecular flexibility index (Phi) is 5.95. The number of nitrogens with zero attached hydrogens (tertiary/aromatic N) is 1. The maximum Gasteiger partial charge on any atom is 0.312 e. The highest BCUT2D eigenvalue weighted by Crippen LogP contribution is 2.75. The lowest BCUT2D eigenvalue weighted by Gasteiger charge is -2.71. The first-order valence-corrected chi connectivity index (χ1v) is 14.6. The molecule has 37 heavy (non-hydrogen) atoms. The predicted octanol–water partition coefficient (Wildman–Crippen LogP) is 6.81. The number of hydrogen-bond donors (Lipinski definition) is 0. The molecule has 0 spiro atoms. The second kappa shape index (κ2) is 8.27. The molecule has 0 aromatic carbocycles. The SMILES string of the molecule is [C-]#[N+]C1=C[C@]2(C)[C@H]3CC(=O)[C@@H]4[C@@H]5CC(C)(C)CC[C@]5(C(=O)OCC)CC[C@@]4(C)[C@]3(C)CC[C@H]2[C@H](C)C1=O. The van der Waals surface area contributed by atoms with Crippen LogP contribution in [0.3, 0.4) is 0 Å². The summed E-state index contributed by atoms with van der Waals surface area (Å²) in [7, 11) is 0. The quantitative estimate of drug-likeness (QED) is 0.304. The Hall–Kier alpha value is -1.96. The Balaban J connectivity index is 1.62. The van der Waals surface area contributed by atoms with E-state index < -0.39 is 5.41 Å². The fourth-order valence-electron chi connectivity index (χ4n) is 10.5. The molecule has 0 heterocycles. The maximum atomic E-state index is 14.4. The molecule has 4 fully saturated rings. The van der Waals surface area contributed by atoms with Crippen LogP contribution in [0.4, 0.5) is 0 Å². The molecule has 4 saturated carbocycles. The maximum absolute atomic E-state index is 14.4. The molecule has 202 valence electrons. The van der Waals surface area contributed by atoms with Crippen LogP contribution in [0.2, 0.25) is 0 Å². The number of hydrogen-bond acceptors (Lipinski definition) is 4. The Morgan fingerprint density at radius 1 is 1.03 bits per heavy atom. The van der Waals surface area contributed by atoms with E-state index in [-0.39, 0.29) is 68.7 Å².